The molecule has 0 unspecified atom stereocenters. The average Bonchev–Trinajstić information content (AvgIpc) is 3.40. The van der Waals surface area contributed by atoms with Crippen LogP contribution in [0.25, 0.3) is 0 Å². The van der Waals surface area contributed by atoms with Crippen molar-refractivity contribution >= 4 is 23.5 Å². The van der Waals surface area contributed by atoms with E-state index in [0.717, 1.165) is 74.9 Å². The smallest absolute Gasteiger partial charge is 0.240 e. The number of ether oxygens (including phenoxy) is 1. The standard InChI is InChI=1S/C30H49N5O4/c1-30(2,3)33-27(37)22-34-21-24-25(32-29(34)31)15-12-16-26(24)39-20-11-8-17-28(38)35(23-13-6-7-14-23)18-9-4-5-10-19-36/h12,15-16,23,36H,4-11,13-14,17-22H2,1-3H3,(H2,31,32)(H,33,37). The third-order valence-electron chi connectivity index (χ3n) is 7.30. The lowest BCUT2D eigenvalue weighted by molar-refractivity contribution is -0.133. The van der Waals surface area contributed by atoms with E-state index in [1.807, 2.05) is 39.0 Å². The second-order valence-electron chi connectivity index (χ2n) is 11.8. The van der Waals surface area contributed by atoms with Gasteiger partial charge in [0.05, 0.1) is 18.8 Å². The molecule has 1 aliphatic heterocycles. The molecule has 0 bridgehead atoms. The molecule has 1 fully saturated rings. The molecule has 9 heteroatoms. The monoisotopic (exact) mass is 543 g/mol. The minimum absolute atomic E-state index is 0.107. The Morgan fingerprint density at radius 2 is 1.87 bits per heavy atom. The van der Waals surface area contributed by atoms with Gasteiger partial charge in [-0.2, -0.15) is 0 Å². The average molecular weight is 544 g/mol. The Hall–Kier alpha value is -2.81. The lowest BCUT2D eigenvalue weighted by Gasteiger charge is -2.30. The number of nitrogens with one attached hydrogen (secondary N) is 1. The third-order valence-corrected chi connectivity index (χ3v) is 7.30. The van der Waals surface area contributed by atoms with Gasteiger partial charge in [-0.1, -0.05) is 31.7 Å². The van der Waals surface area contributed by atoms with E-state index in [9.17, 15) is 9.59 Å². The number of carbonyl (C=O) groups excluding carboxylic acids is 2. The third kappa shape index (κ3) is 10.0. The van der Waals surface area contributed by atoms with Crippen LogP contribution in [-0.2, 0) is 16.1 Å². The Labute approximate surface area is 234 Å². The fourth-order valence-electron chi connectivity index (χ4n) is 5.37. The number of benzene rings is 1. The Morgan fingerprint density at radius 3 is 2.59 bits per heavy atom. The summed E-state index contributed by atoms with van der Waals surface area (Å²) in [4.78, 5) is 34.0. The van der Waals surface area contributed by atoms with E-state index >= 15 is 0 Å². The molecule has 1 aliphatic carbocycles. The van der Waals surface area contributed by atoms with E-state index in [2.05, 4.69) is 15.2 Å². The number of hydrogen-bond donors (Lipinski definition) is 3. The second-order valence-corrected chi connectivity index (χ2v) is 11.8. The summed E-state index contributed by atoms with van der Waals surface area (Å²) in [5.41, 5.74) is 7.52. The quantitative estimate of drug-likeness (QED) is 0.285. The SMILES string of the molecule is CC(C)(C)NC(=O)CN1Cc2c(cccc2OCCCCC(=O)N(CCCCCCO)C2CCCC2)N=C1N. The summed E-state index contributed by atoms with van der Waals surface area (Å²) in [6, 6.07) is 6.12. The van der Waals surface area contributed by atoms with Crippen molar-refractivity contribution in [1.82, 2.24) is 15.1 Å². The second kappa shape index (κ2) is 15.1. The number of carbonyl (C=O) groups is 2. The maximum Gasteiger partial charge on any atom is 0.240 e. The van der Waals surface area contributed by atoms with Gasteiger partial charge in [-0.25, -0.2) is 4.99 Å². The van der Waals surface area contributed by atoms with Crippen molar-refractivity contribution < 1.29 is 19.4 Å². The van der Waals surface area contributed by atoms with Crippen LogP contribution in [0.15, 0.2) is 23.2 Å². The highest BCUT2D eigenvalue weighted by molar-refractivity contribution is 5.89. The van der Waals surface area contributed by atoms with Crippen molar-refractivity contribution in [2.45, 2.75) is 110 Å². The summed E-state index contributed by atoms with van der Waals surface area (Å²) < 4.78 is 6.14. The predicted molar refractivity (Wildman–Crippen MR) is 155 cm³/mol. The summed E-state index contributed by atoms with van der Waals surface area (Å²) in [7, 11) is 0. The fraction of sp³-hybridized carbons (Fsp3) is 0.700. The van der Waals surface area contributed by atoms with Gasteiger partial charge in [0.25, 0.3) is 0 Å². The molecule has 4 N–H and O–H groups in total. The topological polar surface area (TPSA) is 120 Å². The molecule has 1 heterocycles. The van der Waals surface area contributed by atoms with Crippen LogP contribution in [0.5, 0.6) is 5.75 Å². The summed E-state index contributed by atoms with van der Waals surface area (Å²) in [6.45, 7) is 8.00. The highest BCUT2D eigenvalue weighted by Gasteiger charge is 2.26. The van der Waals surface area contributed by atoms with Gasteiger partial charge in [0, 0.05) is 36.7 Å². The van der Waals surface area contributed by atoms with Crippen molar-refractivity contribution in [3.8, 4) is 5.75 Å². The fourth-order valence-corrected chi connectivity index (χ4v) is 5.37. The maximum absolute atomic E-state index is 13.1. The number of aliphatic hydroxyl groups excluding tert-OH is 1. The molecule has 0 radical (unpaired) electrons. The number of unbranched alkanes of at least 4 members (excludes halogenated alkanes) is 4. The van der Waals surface area contributed by atoms with Gasteiger partial charge in [-0.15, -0.1) is 0 Å². The molecule has 0 spiro atoms. The predicted octanol–water partition coefficient (Wildman–Crippen LogP) is 4.24. The molecule has 0 aromatic heterocycles. The first kappa shape index (κ1) is 30.7. The molecule has 2 amide bonds. The maximum atomic E-state index is 13.1. The minimum atomic E-state index is -0.319. The number of amides is 2. The molecular formula is C30H49N5O4. The number of nitrogens with zero attached hydrogens (tertiary/aromatic N) is 3. The van der Waals surface area contributed by atoms with Crippen LogP contribution in [0.1, 0.15) is 97.0 Å². The first-order valence-electron chi connectivity index (χ1n) is 14.7. The number of aliphatic hydroxyl groups is 1. The lowest BCUT2D eigenvalue weighted by atomic mass is 10.1. The molecule has 39 heavy (non-hydrogen) atoms. The van der Waals surface area contributed by atoms with Crippen molar-refractivity contribution in [2.24, 2.45) is 10.7 Å². The molecule has 1 aromatic carbocycles. The van der Waals surface area contributed by atoms with Crippen LogP contribution in [0.2, 0.25) is 0 Å². The highest BCUT2D eigenvalue weighted by Crippen LogP contribution is 2.33. The van der Waals surface area contributed by atoms with E-state index in [0.29, 0.717) is 31.6 Å². The first-order valence-corrected chi connectivity index (χ1v) is 14.7. The van der Waals surface area contributed by atoms with Gasteiger partial charge in [0.1, 0.15) is 12.3 Å². The summed E-state index contributed by atoms with van der Waals surface area (Å²) in [5.74, 6) is 1.22. The number of fused-ring (bicyclic) bond motifs is 1. The first-order chi connectivity index (χ1) is 18.7. The number of aliphatic imine (C=N–C) groups is 1. The summed E-state index contributed by atoms with van der Waals surface area (Å²) >= 11 is 0. The summed E-state index contributed by atoms with van der Waals surface area (Å²) in [5, 5.41) is 12.0. The zero-order valence-electron chi connectivity index (χ0n) is 24.2. The Morgan fingerprint density at radius 1 is 1.13 bits per heavy atom. The van der Waals surface area contributed by atoms with Crippen molar-refractivity contribution in [2.75, 3.05) is 26.3 Å². The van der Waals surface area contributed by atoms with Crippen LogP contribution >= 0.6 is 0 Å². The van der Waals surface area contributed by atoms with Crippen molar-refractivity contribution in [1.29, 1.82) is 0 Å². The zero-order valence-corrected chi connectivity index (χ0v) is 24.2. The Balaban J connectivity index is 1.47. The number of nitrogens with two attached hydrogens (primary N) is 1. The van der Waals surface area contributed by atoms with Gasteiger partial charge in [0.2, 0.25) is 11.8 Å². The summed E-state index contributed by atoms with van der Waals surface area (Å²) in [6.07, 6.45) is 10.7. The number of hydrogen-bond acceptors (Lipinski definition) is 7. The van der Waals surface area contributed by atoms with Crippen LogP contribution in [-0.4, -0.2) is 70.6 Å². The van der Waals surface area contributed by atoms with E-state index in [1.165, 1.54) is 12.8 Å². The Kier molecular flexibility index (Phi) is 11.9. The highest BCUT2D eigenvalue weighted by atomic mass is 16.5. The molecule has 2 aliphatic rings. The molecule has 9 nitrogen and oxygen atoms in total. The van der Waals surface area contributed by atoms with Crippen molar-refractivity contribution in [3.63, 3.8) is 0 Å². The van der Waals surface area contributed by atoms with Crippen LogP contribution in [0.3, 0.4) is 0 Å². The van der Waals surface area contributed by atoms with Gasteiger partial charge in [0.15, 0.2) is 5.96 Å². The molecular weight excluding hydrogens is 494 g/mol. The van der Waals surface area contributed by atoms with Crippen molar-refractivity contribution in [3.05, 3.63) is 23.8 Å². The molecule has 1 saturated carbocycles. The van der Waals surface area contributed by atoms with Gasteiger partial charge in [-0.3, -0.25) is 9.59 Å². The van der Waals surface area contributed by atoms with Gasteiger partial charge in [-0.05, 0) is 71.4 Å². The minimum Gasteiger partial charge on any atom is -0.493 e. The molecule has 3 rings (SSSR count). The molecule has 218 valence electrons. The normalized spacial score (nSPS) is 15.6. The van der Waals surface area contributed by atoms with E-state index in [1.54, 1.807) is 4.90 Å². The van der Waals surface area contributed by atoms with Gasteiger partial charge >= 0.3 is 0 Å². The van der Waals surface area contributed by atoms with Gasteiger partial charge < -0.3 is 30.7 Å². The largest absolute Gasteiger partial charge is 0.493 e. The van der Waals surface area contributed by atoms with Crippen LogP contribution < -0.4 is 15.8 Å². The molecule has 0 saturated heterocycles. The van der Waals surface area contributed by atoms with E-state index < -0.39 is 0 Å². The molecule has 0 atom stereocenters. The number of guanidine groups is 1. The van der Waals surface area contributed by atoms with E-state index in [4.69, 9.17) is 15.6 Å². The van der Waals surface area contributed by atoms with E-state index in [-0.39, 0.29) is 30.5 Å². The lowest BCUT2D eigenvalue weighted by Crippen LogP contribution is -2.49. The number of rotatable bonds is 15. The Bertz CT molecular complexity index is 969. The van der Waals surface area contributed by atoms with Crippen LogP contribution in [0.4, 0.5) is 5.69 Å². The zero-order chi connectivity index (χ0) is 28.3. The molecule has 1 aromatic rings. The van der Waals surface area contributed by atoms with Crippen LogP contribution in [0, 0.1) is 0 Å².